The second-order valence-corrected chi connectivity index (χ2v) is 8.60. The fraction of sp³-hybridized carbons (Fsp3) is 0.280. The van der Waals surface area contributed by atoms with Gasteiger partial charge in [-0.05, 0) is 43.5 Å². The summed E-state index contributed by atoms with van der Waals surface area (Å²) in [6.07, 6.45) is 7.90. The summed E-state index contributed by atoms with van der Waals surface area (Å²) < 4.78 is 7.91. The number of carbonyl (C=O) groups excluding carboxylic acids is 1. The van der Waals surface area contributed by atoms with Gasteiger partial charge < -0.3 is 19.6 Å². The van der Waals surface area contributed by atoms with Crippen LogP contribution in [0.15, 0.2) is 47.8 Å². The van der Waals surface area contributed by atoms with E-state index in [0.717, 1.165) is 58.4 Å². The van der Waals surface area contributed by atoms with Crippen LogP contribution < -0.4 is 5.73 Å². The highest BCUT2D eigenvalue weighted by molar-refractivity contribution is 5.92. The number of nitrogen functional groups attached to an aromatic ring is 1. The van der Waals surface area contributed by atoms with Crippen molar-refractivity contribution >= 4 is 33.9 Å². The van der Waals surface area contributed by atoms with Gasteiger partial charge in [0.2, 0.25) is 5.91 Å². The van der Waals surface area contributed by atoms with Crippen LogP contribution in [0, 0.1) is 11.8 Å². The number of hydrogen-bond acceptors (Lipinski definition) is 6. The molecule has 6 rings (SSSR count). The van der Waals surface area contributed by atoms with Gasteiger partial charge in [-0.15, -0.1) is 0 Å². The van der Waals surface area contributed by atoms with Crippen molar-refractivity contribution in [2.45, 2.75) is 31.2 Å². The molecule has 1 saturated carbocycles. The maximum Gasteiger partial charge on any atom is 0.246 e. The van der Waals surface area contributed by atoms with Gasteiger partial charge in [0.15, 0.2) is 11.5 Å². The highest BCUT2D eigenvalue weighted by Crippen LogP contribution is 2.40. The largest absolute Gasteiger partial charge is 0.440 e. The van der Waals surface area contributed by atoms with Crippen LogP contribution in [0.2, 0.25) is 0 Å². The molecule has 2 fully saturated rings. The third kappa shape index (κ3) is 3.42. The van der Waals surface area contributed by atoms with E-state index in [9.17, 15) is 4.79 Å². The third-order valence-electron chi connectivity index (χ3n) is 6.35. The molecule has 2 N–H and O–H groups in total. The van der Waals surface area contributed by atoms with E-state index >= 15 is 0 Å². The zero-order chi connectivity index (χ0) is 22.5. The fourth-order valence-corrected chi connectivity index (χ4v) is 4.45. The molecule has 1 aromatic carbocycles. The summed E-state index contributed by atoms with van der Waals surface area (Å²) >= 11 is 0. The molecule has 0 radical (unpaired) electrons. The Hall–Kier alpha value is -4.12. The number of anilines is 1. The second-order valence-electron chi connectivity index (χ2n) is 8.60. The van der Waals surface area contributed by atoms with Crippen LogP contribution in [0.3, 0.4) is 0 Å². The standard InChI is InChI=1S/C25H22N6O2/c1-2-21(32)30-10-9-18(13-30)31-12-17(22-23(26)27-14-28-24(22)31)5-3-15-4-8-20-19(11-15)29-25(33-20)16-6-7-16/h2,4,8,11-12,14,16,18H,1,6-7,9-10,13H2,(H2,26,27,28). The van der Waals surface area contributed by atoms with Crippen molar-refractivity contribution < 1.29 is 9.21 Å². The summed E-state index contributed by atoms with van der Waals surface area (Å²) in [5.74, 6) is 8.11. The minimum Gasteiger partial charge on any atom is -0.440 e. The van der Waals surface area contributed by atoms with E-state index in [-0.39, 0.29) is 11.9 Å². The molecule has 8 nitrogen and oxygen atoms in total. The molecule has 1 aliphatic heterocycles. The summed E-state index contributed by atoms with van der Waals surface area (Å²) in [4.78, 5) is 27.1. The first-order valence-electron chi connectivity index (χ1n) is 11.1. The number of hydrogen-bond donors (Lipinski definition) is 1. The van der Waals surface area contributed by atoms with E-state index in [1.807, 2.05) is 24.4 Å². The van der Waals surface area contributed by atoms with E-state index in [2.05, 4.69) is 37.9 Å². The van der Waals surface area contributed by atoms with Crippen LogP contribution in [-0.2, 0) is 4.79 Å². The highest BCUT2D eigenvalue weighted by atomic mass is 16.3. The average Bonchev–Trinajstić information content (AvgIpc) is 3.24. The maximum absolute atomic E-state index is 12.0. The smallest absolute Gasteiger partial charge is 0.246 e. The molecule has 3 aromatic heterocycles. The minimum atomic E-state index is -0.0591. The number of likely N-dealkylation sites (tertiary alicyclic amines) is 1. The lowest BCUT2D eigenvalue weighted by atomic mass is 10.2. The van der Waals surface area contributed by atoms with Crippen molar-refractivity contribution in [2.75, 3.05) is 18.8 Å². The van der Waals surface area contributed by atoms with Gasteiger partial charge in [-0.25, -0.2) is 15.0 Å². The van der Waals surface area contributed by atoms with Crippen molar-refractivity contribution in [3.8, 4) is 11.8 Å². The number of aromatic nitrogens is 4. The van der Waals surface area contributed by atoms with E-state index in [4.69, 9.17) is 10.2 Å². The molecule has 4 heterocycles. The summed E-state index contributed by atoms with van der Waals surface area (Å²) in [6.45, 7) is 4.86. The Morgan fingerprint density at radius 3 is 2.94 bits per heavy atom. The molecule has 164 valence electrons. The van der Waals surface area contributed by atoms with Crippen LogP contribution in [0.1, 0.15) is 48.2 Å². The lowest BCUT2D eigenvalue weighted by Crippen LogP contribution is -2.27. The van der Waals surface area contributed by atoms with Gasteiger partial charge in [0.25, 0.3) is 0 Å². The van der Waals surface area contributed by atoms with Crippen molar-refractivity contribution in [1.29, 1.82) is 0 Å². The lowest BCUT2D eigenvalue weighted by molar-refractivity contribution is -0.125. The molecule has 0 bridgehead atoms. The molecule has 4 aromatic rings. The predicted octanol–water partition coefficient (Wildman–Crippen LogP) is 3.39. The van der Waals surface area contributed by atoms with E-state index in [1.165, 1.54) is 12.4 Å². The Labute approximate surface area is 190 Å². The first kappa shape index (κ1) is 19.6. The third-order valence-corrected chi connectivity index (χ3v) is 6.35. The first-order valence-corrected chi connectivity index (χ1v) is 11.1. The van der Waals surface area contributed by atoms with Gasteiger partial charge in [-0.3, -0.25) is 4.79 Å². The monoisotopic (exact) mass is 438 g/mol. The molecule has 1 saturated heterocycles. The highest BCUT2D eigenvalue weighted by Gasteiger charge is 2.29. The van der Waals surface area contributed by atoms with Crippen molar-refractivity contribution in [3.63, 3.8) is 0 Å². The molecule has 0 spiro atoms. The first-order chi connectivity index (χ1) is 16.1. The van der Waals surface area contributed by atoms with Gasteiger partial charge in [0.1, 0.15) is 23.3 Å². The van der Waals surface area contributed by atoms with Gasteiger partial charge in [0, 0.05) is 30.8 Å². The number of fused-ring (bicyclic) bond motifs is 2. The Kier molecular flexibility index (Phi) is 4.44. The molecular formula is C25H22N6O2. The van der Waals surface area contributed by atoms with Crippen LogP contribution in [0.5, 0.6) is 0 Å². The van der Waals surface area contributed by atoms with Gasteiger partial charge >= 0.3 is 0 Å². The number of benzene rings is 1. The summed E-state index contributed by atoms with van der Waals surface area (Å²) in [7, 11) is 0. The molecule has 1 unspecified atom stereocenters. The molecule has 1 aliphatic carbocycles. The number of nitrogens with two attached hydrogens (primary N) is 1. The number of nitrogens with zero attached hydrogens (tertiary/aromatic N) is 5. The Balaban J connectivity index is 1.36. The molecule has 1 amide bonds. The lowest BCUT2D eigenvalue weighted by Gasteiger charge is -2.15. The SMILES string of the molecule is C=CC(=O)N1CCC(n2cc(C#Cc3ccc4oc(C5CC5)nc4c3)c3c(N)ncnc32)C1. The zero-order valence-electron chi connectivity index (χ0n) is 18.0. The molecular weight excluding hydrogens is 416 g/mol. The van der Waals surface area contributed by atoms with Crippen LogP contribution in [-0.4, -0.2) is 43.4 Å². The van der Waals surface area contributed by atoms with Crippen molar-refractivity contribution in [2.24, 2.45) is 0 Å². The molecule has 1 atom stereocenters. The molecule has 8 heteroatoms. The summed E-state index contributed by atoms with van der Waals surface area (Å²) in [5.41, 5.74) is 10.2. The van der Waals surface area contributed by atoms with E-state index in [0.29, 0.717) is 24.8 Å². The Bertz CT molecular complexity index is 1480. The van der Waals surface area contributed by atoms with Crippen molar-refractivity contribution in [3.05, 3.63) is 60.4 Å². The summed E-state index contributed by atoms with van der Waals surface area (Å²) in [6, 6.07) is 5.90. The minimum absolute atomic E-state index is 0.0591. The van der Waals surface area contributed by atoms with Crippen LogP contribution in [0.4, 0.5) is 5.82 Å². The number of oxazole rings is 1. The zero-order valence-corrected chi connectivity index (χ0v) is 18.0. The van der Waals surface area contributed by atoms with Crippen molar-refractivity contribution in [1.82, 2.24) is 24.4 Å². The predicted molar refractivity (Wildman–Crippen MR) is 124 cm³/mol. The Morgan fingerprint density at radius 1 is 1.24 bits per heavy atom. The summed E-state index contributed by atoms with van der Waals surface area (Å²) in [5, 5.41) is 0.733. The van der Waals surface area contributed by atoms with E-state index in [1.54, 1.807) is 4.90 Å². The fourth-order valence-electron chi connectivity index (χ4n) is 4.45. The van der Waals surface area contributed by atoms with Crippen LogP contribution in [0.25, 0.3) is 22.1 Å². The molecule has 33 heavy (non-hydrogen) atoms. The normalized spacial score (nSPS) is 17.9. The van der Waals surface area contributed by atoms with Gasteiger partial charge in [-0.1, -0.05) is 18.4 Å². The van der Waals surface area contributed by atoms with Gasteiger partial charge in [0.05, 0.1) is 17.0 Å². The second kappa shape index (κ2) is 7.48. The quantitative estimate of drug-likeness (QED) is 0.388. The van der Waals surface area contributed by atoms with Gasteiger partial charge in [-0.2, -0.15) is 0 Å². The number of carbonyl (C=O) groups is 1. The average molecular weight is 438 g/mol. The Morgan fingerprint density at radius 2 is 2.12 bits per heavy atom. The number of amides is 1. The molecule has 2 aliphatic rings. The van der Waals surface area contributed by atoms with Crippen LogP contribution >= 0.6 is 0 Å². The van der Waals surface area contributed by atoms with E-state index < -0.39 is 0 Å². The topological polar surface area (TPSA) is 103 Å². The maximum atomic E-state index is 12.0. The number of rotatable bonds is 3.